The molecule has 8 heteroatoms. The highest BCUT2D eigenvalue weighted by Gasteiger charge is 2.24. The van der Waals surface area contributed by atoms with Gasteiger partial charge in [0.05, 0.1) is 18.9 Å². The predicted octanol–water partition coefficient (Wildman–Crippen LogP) is 1.11. The fourth-order valence-electron chi connectivity index (χ4n) is 3.59. The number of aromatic nitrogens is 3. The molecule has 2 saturated heterocycles. The van der Waals surface area contributed by atoms with Crippen molar-refractivity contribution in [2.45, 2.75) is 12.3 Å². The van der Waals surface area contributed by atoms with Crippen LogP contribution >= 0.6 is 0 Å². The number of aliphatic hydroxyl groups is 1. The maximum absolute atomic E-state index is 9.11. The number of nitrogens with one attached hydrogen (secondary N) is 1. The van der Waals surface area contributed by atoms with Crippen molar-refractivity contribution in [2.24, 2.45) is 0 Å². The number of piperazine rings is 1. The van der Waals surface area contributed by atoms with E-state index in [0.29, 0.717) is 25.0 Å². The van der Waals surface area contributed by atoms with E-state index in [9.17, 15) is 0 Å². The third-order valence-corrected chi connectivity index (χ3v) is 5.11. The Bertz CT molecular complexity index is 730. The first kappa shape index (κ1) is 17.9. The Labute approximate surface area is 159 Å². The summed E-state index contributed by atoms with van der Waals surface area (Å²) in [5.74, 6) is 1.85. The molecule has 144 valence electrons. The molecule has 2 aromatic rings. The highest BCUT2D eigenvalue weighted by molar-refractivity contribution is 5.50. The van der Waals surface area contributed by atoms with Crippen LogP contribution < -0.4 is 15.1 Å². The van der Waals surface area contributed by atoms with Gasteiger partial charge in [-0.1, -0.05) is 0 Å². The average Bonchev–Trinajstić information content (AvgIpc) is 3.28. The van der Waals surface area contributed by atoms with Gasteiger partial charge >= 0.3 is 0 Å². The second kappa shape index (κ2) is 8.49. The number of hydrogen-bond acceptors (Lipinski definition) is 8. The van der Waals surface area contributed by atoms with Crippen LogP contribution in [0.15, 0.2) is 30.6 Å². The largest absolute Gasteiger partial charge is 0.395 e. The van der Waals surface area contributed by atoms with Gasteiger partial charge < -0.3 is 25.0 Å². The van der Waals surface area contributed by atoms with Crippen LogP contribution in [0.4, 0.5) is 17.5 Å². The van der Waals surface area contributed by atoms with Gasteiger partial charge in [-0.15, -0.1) is 0 Å². The number of rotatable bonds is 6. The molecule has 0 spiro atoms. The maximum atomic E-state index is 9.11. The molecule has 27 heavy (non-hydrogen) atoms. The van der Waals surface area contributed by atoms with Gasteiger partial charge in [0.1, 0.15) is 5.82 Å². The van der Waals surface area contributed by atoms with Gasteiger partial charge in [-0.3, -0.25) is 4.98 Å². The van der Waals surface area contributed by atoms with E-state index in [4.69, 9.17) is 9.84 Å². The molecule has 0 saturated carbocycles. The normalized spacial score (nSPS) is 20.1. The van der Waals surface area contributed by atoms with Crippen molar-refractivity contribution in [3.05, 3.63) is 36.3 Å². The van der Waals surface area contributed by atoms with E-state index in [1.54, 1.807) is 0 Å². The Morgan fingerprint density at radius 1 is 1.11 bits per heavy atom. The molecule has 4 heterocycles. The van der Waals surface area contributed by atoms with Crippen molar-refractivity contribution in [1.82, 2.24) is 15.0 Å². The first-order valence-corrected chi connectivity index (χ1v) is 9.55. The molecule has 2 aliphatic rings. The van der Waals surface area contributed by atoms with E-state index in [1.807, 2.05) is 12.4 Å². The third-order valence-electron chi connectivity index (χ3n) is 5.11. The zero-order valence-electron chi connectivity index (χ0n) is 15.4. The van der Waals surface area contributed by atoms with E-state index in [-0.39, 0.29) is 6.61 Å². The van der Waals surface area contributed by atoms with Crippen molar-refractivity contribution >= 4 is 17.5 Å². The topological polar surface area (TPSA) is 86.6 Å². The highest BCUT2D eigenvalue weighted by Crippen LogP contribution is 2.28. The third kappa shape index (κ3) is 4.28. The standard InChI is InChI=1S/C19H26N6O2/c26-11-6-21-19-22-17(15-3-12-27-14-15)13-18(23-19)25-9-7-24(8-10-25)16-1-4-20-5-2-16/h1-2,4-5,13,15,26H,3,6-12,14H2,(H,21,22,23)/t15-/m1/s1. The molecule has 0 unspecified atom stereocenters. The van der Waals surface area contributed by atoms with E-state index < -0.39 is 0 Å². The number of nitrogens with zero attached hydrogens (tertiary/aromatic N) is 5. The minimum atomic E-state index is 0.0556. The molecular formula is C19H26N6O2. The fourth-order valence-corrected chi connectivity index (χ4v) is 3.59. The fraction of sp³-hybridized carbons (Fsp3) is 0.526. The summed E-state index contributed by atoms with van der Waals surface area (Å²) in [5, 5.41) is 12.2. The molecule has 0 bridgehead atoms. The van der Waals surface area contributed by atoms with Crippen LogP contribution in [0.5, 0.6) is 0 Å². The first-order valence-electron chi connectivity index (χ1n) is 9.55. The Hall–Kier alpha value is -2.45. The summed E-state index contributed by atoms with van der Waals surface area (Å²) in [4.78, 5) is 18.1. The van der Waals surface area contributed by atoms with Gasteiger partial charge in [0.2, 0.25) is 5.95 Å². The summed E-state index contributed by atoms with van der Waals surface area (Å²) in [6.45, 7) is 5.68. The Kier molecular flexibility index (Phi) is 5.64. The molecule has 2 N–H and O–H groups in total. The Balaban J connectivity index is 1.49. The van der Waals surface area contributed by atoms with Crippen molar-refractivity contribution in [2.75, 3.05) is 67.7 Å². The second-order valence-corrected chi connectivity index (χ2v) is 6.87. The number of ether oxygens (including phenoxy) is 1. The lowest BCUT2D eigenvalue weighted by molar-refractivity contribution is 0.193. The molecule has 8 nitrogen and oxygen atoms in total. The lowest BCUT2D eigenvalue weighted by atomic mass is 10.0. The van der Waals surface area contributed by atoms with Crippen LogP contribution in [-0.2, 0) is 4.74 Å². The smallest absolute Gasteiger partial charge is 0.224 e. The zero-order valence-corrected chi connectivity index (χ0v) is 15.4. The van der Waals surface area contributed by atoms with Gasteiger partial charge in [-0.05, 0) is 18.6 Å². The van der Waals surface area contributed by atoms with E-state index in [1.165, 1.54) is 5.69 Å². The van der Waals surface area contributed by atoms with Crippen LogP contribution in [-0.4, -0.2) is 72.6 Å². The molecule has 0 aromatic carbocycles. The number of hydrogen-bond donors (Lipinski definition) is 2. The maximum Gasteiger partial charge on any atom is 0.224 e. The van der Waals surface area contributed by atoms with Crippen molar-refractivity contribution in [1.29, 1.82) is 0 Å². The SMILES string of the molecule is OCCNc1nc([C@@H]2CCOC2)cc(N2CCN(c3ccncc3)CC2)n1. The van der Waals surface area contributed by atoms with Gasteiger partial charge in [-0.2, -0.15) is 4.98 Å². The number of anilines is 3. The van der Waals surface area contributed by atoms with Gasteiger partial charge in [-0.25, -0.2) is 4.98 Å². The van der Waals surface area contributed by atoms with E-state index in [0.717, 1.165) is 50.7 Å². The molecule has 0 aliphatic carbocycles. The van der Waals surface area contributed by atoms with Gasteiger partial charge in [0.25, 0.3) is 0 Å². The first-order chi connectivity index (χ1) is 13.3. The molecular weight excluding hydrogens is 344 g/mol. The molecule has 4 rings (SSSR count). The van der Waals surface area contributed by atoms with E-state index in [2.05, 4.69) is 48.3 Å². The van der Waals surface area contributed by atoms with Crippen molar-refractivity contribution < 1.29 is 9.84 Å². The Morgan fingerprint density at radius 3 is 2.59 bits per heavy atom. The molecule has 0 amide bonds. The lowest BCUT2D eigenvalue weighted by Gasteiger charge is -2.37. The van der Waals surface area contributed by atoms with Gasteiger partial charge in [0.15, 0.2) is 0 Å². The summed E-state index contributed by atoms with van der Waals surface area (Å²) < 4.78 is 5.53. The minimum Gasteiger partial charge on any atom is -0.395 e. The minimum absolute atomic E-state index is 0.0556. The molecule has 2 fully saturated rings. The van der Waals surface area contributed by atoms with Crippen LogP contribution in [0, 0.1) is 0 Å². The summed E-state index contributed by atoms with van der Waals surface area (Å²) in [6.07, 6.45) is 4.66. The summed E-state index contributed by atoms with van der Waals surface area (Å²) in [6, 6.07) is 6.20. The number of pyridine rings is 1. The van der Waals surface area contributed by atoms with Crippen LogP contribution in [0.25, 0.3) is 0 Å². The van der Waals surface area contributed by atoms with Crippen molar-refractivity contribution in [3.8, 4) is 0 Å². The molecule has 1 atom stereocenters. The lowest BCUT2D eigenvalue weighted by Crippen LogP contribution is -2.47. The zero-order chi connectivity index (χ0) is 18.5. The molecule has 0 radical (unpaired) electrons. The quantitative estimate of drug-likeness (QED) is 0.782. The van der Waals surface area contributed by atoms with Crippen LogP contribution in [0.2, 0.25) is 0 Å². The summed E-state index contributed by atoms with van der Waals surface area (Å²) in [7, 11) is 0. The molecule has 2 aromatic heterocycles. The van der Waals surface area contributed by atoms with E-state index >= 15 is 0 Å². The monoisotopic (exact) mass is 370 g/mol. The number of aliphatic hydroxyl groups excluding tert-OH is 1. The summed E-state index contributed by atoms with van der Waals surface area (Å²) >= 11 is 0. The highest BCUT2D eigenvalue weighted by atomic mass is 16.5. The predicted molar refractivity (Wildman–Crippen MR) is 104 cm³/mol. The molecule has 2 aliphatic heterocycles. The average molecular weight is 370 g/mol. The summed E-state index contributed by atoms with van der Waals surface area (Å²) in [5.41, 5.74) is 2.23. The second-order valence-electron chi connectivity index (χ2n) is 6.87. The Morgan fingerprint density at radius 2 is 1.89 bits per heavy atom. The van der Waals surface area contributed by atoms with Gasteiger partial charge in [0, 0.05) is 69.4 Å². The van der Waals surface area contributed by atoms with Crippen LogP contribution in [0.3, 0.4) is 0 Å². The van der Waals surface area contributed by atoms with Crippen LogP contribution in [0.1, 0.15) is 18.0 Å². The van der Waals surface area contributed by atoms with Crippen molar-refractivity contribution in [3.63, 3.8) is 0 Å².